The fourth-order valence-electron chi connectivity index (χ4n) is 4.47. The fourth-order valence-corrected chi connectivity index (χ4v) is 4.47. The Morgan fingerprint density at radius 1 is 1.00 bits per heavy atom. The third kappa shape index (κ3) is 3.65. The first-order chi connectivity index (χ1) is 15.8. The number of allylic oxidation sites excluding steroid dienone is 3. The molecule has 0 fully saturated rings. The number of rotatable bonds is 8. The van der Waals surface area contributed by atoms with Crippen molar-refractivity contribution >= 4 is 28.2 Å². The highest BCUT2D eigenvalue weighted by molar-refractivity contribution is 6.24. The summed E-state index contributed by atoms with van der Waals surface area (Å²) in [4.78, 5) is 30.4. The Bertz CT molecular complexity index is 1230. The number of nitrogens with zero attached hydrogens (tertiary/aromatic N) is 2. The van der Waals surface area contributed by atoms with Crippen molar-refractivity contribution < 1.29 is 29.0 Å². The van der Waals surface area contributed by atoms with E-state index in [2.05, 4.69) is 0 Å². The fraction of sp³-hybridized carbons (Fsp3) is 0.360. The van der Waals surface area contributed by atoms with E-state index in [4.69, 9.17) is 9.15 Å². The van der Waals surface area contributed by atoms with Crippen LogP contribution in [0, 0.1) is 0 Å². The van der Waals surface area contributed by atoms with E-state index in [9.17, 15) is 19.8 Å². The minimum Gasteiger partial charge on any atom is -0.507 e. The number of benzene rings is 1. The van der Waals surface area contributed by atoms with Crippen LogP contribution in [0.15, 0.2) is 51.3 Å². The van der Waals surface area contributed by atoms with Gasteiger partial charge in [0.15, 0.2) is 5.78 Å². The molecule has 0 spiro atoms. The maximum absolute atomic E-state index is 13.5. The lowest BCUT2D eigenvalue weighted by Crippen LogP contribution is -2.24. The Morgan fingerprint density at radius 2 is 1.67 bits per heavy atom. The normalized spacial score (nSPS) is 15.3. The van der Waals surface area contributed by atoms with Crippen molar-refractivity contribution in [2.24, 2.45) is 0 Å². The number of hydrogen-bond donors (Lipinski definition) is 2. The molecule has 2 aliphatic rings. The minimum atomic E-state index is -0.608. The summed E-state index contributed by atoms with van der Waals surface area (Å²) in [6, 6.07) is 3.22. The zero-order valence-corrected chi connectivity index (χ0v) is 19.3. The number of fused-ring (bicyclic) bond motifs is 2. The van der Waals surface area contributed by atoms with Gasteiger partial charge in [-0.1, -0.05) is 0 Å². The van der Waals surface area contributed by atoms with Gasteiger partial charge in [0.1, 0.15) is 29.3 Å². The Hall–Kier alpha value is -3.68. The number of Topliss-reactive ketones (excluding diaryl/α,β-unsaturated/α-hetero) is 1. The number of ketones is 2. The zero-order valence-electron chi connectivity index (χ0n) is 19.3. The Morgan fingerprint density at radius 3 is 2.30 bits per heavy atom. The average molecular weight is 453 g/mol. The van der Waals surface area contributed by atoms with Gasteiger partial charge in [0.2, 0.25) is 5.78 Å². The highest BCUT2D eigenvalue weighted by Gasteiger charge is 2.37. The molecule has 2 N–H and O–H groups in total. The standard InChI is InChI=1S/C25H28N2O6/c1-5-26(6-2)14-9-17(28)21-16(13-32-19(21)11-14)24(30)23-22-18(29)10-15(27(7-3)8-4)12-20(22)33-25(23)31/h9-12,29,31H,5-8,13H2,1-4H3. The molecule has 0 saturated heterocycles. The van der Waals surface area contributed by atoms with Gasteiger partial charge in [-0.15, -0.1) is 0 Å². The number of furan rings is 1. The molecule has 8 nitrogen and oxygen atoms in total. The van der Waals surface area contributed by atoms with Crippen molar-refractivity contribution in [2.75, 3.05) is 37.7 Å². The number of hydrogen-bond acceptors (Lipinski definition) is 8. The second-order valence-corrected chi connectivity index (χ2v) is 7.88. The molecule has 0 saturated carbocycles. The summed E-state index contributed by atoms with van der Waals surface area (Å²) in [6.45, 7) is 10.8. The van der Waals surface area contributed by atoms with Crippen molar-refractivity contribution in [3.63, 3.8) is 0 Å². The topological polar surface area (TPSA) is 103 Å². The third-order valence-electron chi connectivity index (χ3n) is 6.22. The molecule has 8 heteroatoms. The Labute approximate surface area is 192 Å². The van der Waals surface area contributed by atoms with Crippen LogP contribution in [0.3, 0.4) is 0 Å². The van der Waals surface area contributed by atoms with Crippen molar-refractivity contribution in [1.29, 1.82) is 0 Å². The predicted molar refractivity (Wildman–Crippen MR) is 125 cm³/mol. The third-order valence-corrected chi connectivity index (χ3v) is 6.22. The molecule has 1 aliphatic carbocycles. The molecule has 2 heterocycles. The molecule has 4 rings (SSSR count). The summed E-state index contributed by atoms with van der Waals surface area (Å²) in [5.41, 5.74) is 1.78. The van der Waals surface area contributed by atoms with E-state index in [1.165, 1.54) is 6.08 Å². The lowest BCUT2D eigenvalue weighted by molar-refractivity contribution is -0.111. The molecular formula is C25H28N2O6. The second-order valence-electron chi connectivity index (χ2n) is 7.88. The van der Waals surface area contributed by atoms with Gasteiger partial charge in [0, 0.05) is 61.8 Å². The molecule has 0 unspecified atom stereocenters. The van der Waals surface area contributed by atoms with Crippen LogP contribution in [0.25, 0.3) is 11.0 Å². The highest BCUT2D eigenvalue weighted by atomic mass is 16.5. The molecular weight excluding hydrogens is 424 g/mol. The van der Waals surface area contributed by atoms with Crippen LogP contribution < -0.4 is 4.90 Å². The van der Waals surface area contributed by atoms with E-state index >= 15 is 0 Å². The molecule has 0 radical (unpaired) electrons. The van der Waals surface area contributed by atoms with Crippen molar-refractivity contribution in [1.82, 2.24) is 4.90 Å². The van der Waals surface area contributed by atoms with Crippen molar-refractivity contribution in [3.8, 4) is 11.7 Å². The van der Waals surface area contributed by atoms with Crippen LogP contribution in [0.1, 0.15) is 38.1 Å². The first kappa shape index (κ1) is 22.5. The zero-order chi connectivity index (χ0) is 23.9. The number of phenolic OH excluding ortho intramolecular Hbond substituents is 1. The van der Waals surface area contributed by atoms with Crippen molar-refractivity contribution in [2.45, 2.75) is 27.7 Å². The molecule has 33 heavy (non-hydrogen) atoms. The first-order valence-corrected chi connectivity index (χ1v) is 11.2. The van der Waals surface area contributed by atoms with E-state index in [0.29, 0.717) is 24.5 Å². The molecule has 0 atom stereocenters. The maximum Gasteiger partial charge on any atom is 0.294 e. The lowest BCUT2D eigenvalue weighted by atomic mass is 9.93. The lowest BCUT2D eigenvalue weighted by Gasteiger charge is -2.24. The van der Waals surface area contributed by atoms with Crippen LogP contribution in [-0.4, -0.2) is 59.5 Å². The Balaban J connectivity index is 1.78. The quantitative estimate of drug-likeness (QED) is 0.582. The molecule has 174 valence electrons. The minimum absolute atomic E-state index is 0.102. The molecule has 1 aromatic heterocycles. The van der Waals surface area contributed by atoms with Gasteiger partial charge in [-0.2, -0.15) is 0 Å². The summed E-state index contributed by atoms with van der Waals surface area (Å²) in [6.07, 6.45) is 3.25. The SMILES string of the molecule is CCN(CC)C1=CC(=O)C2=C(C(=O)c3c(O)oc4cc(N(CC)CC)cc(O)c34)COC2=C1. The number of anilines is 1. The van der Waals surface area contributed by atoms with E-state index in [-0.39, 0.29) is 45.8 Å². The monoisotopic (exact) mass is 452 g/mol. The summed E-state index contributed by atoms with van der Waals surface area (Å²) in [5.74, 6) is -1.37. The number of likely N-dealkylation sites (N-methyl/N-ethyl adjacent to an activating group) is 1. The average Bonchev–Trinajstić information content (AvgIpc) is 3.36. The van der Waals surface area contributed by atoms with Gasteiger partial charge >= 0.3 is 0 Å². The van der Waals surface area contributed by atoms with Crippen LogP contribution in [0.5, 0.6) is 11.7 Å². The molecule has 1 aromatic carbocycles. The second kappa shape index (κ2) is 8.69. The van der Waals surface area contributed by atoms with Gasteiger partial charge in [0.05, 0.1) is 16.5 Å². The predicted octanol–water partition coefficient (Wildman–Crippen LogP) is 3.89. The molecule has 2 aromatic rings. The van der Waals surface area contributed by atoms with Crippen molar-refractivity contribution in [3.05, 3.63) is 52.5 Å². The van der Waals surface area contributed by atoms with E-state index in [1.54, 1.807) is 18.2 Å². The Kier molecular flexibility index (Phi) is 5.93. The van der Waals surface area contributed by atoms with Gasteiger partial charge in [-0.25, -0.2) is 0 Å². The van der Waals surface area contributed by atoms with Gasteiger partial charge in [-0.3, -0.25) is 9.59 Å². The van der Waals surface area contributed by atoms with E-state index in [0.717, 1.165) is 18.8 Å². The smallest absolute Gasteiger partial charge is 0.294 e. The van der Waals surface area contributed by atoms with Crippen LogP contribution in [-0.2, 0) is 9.53 Å². The molecule has 0 bridgehead atoms. The number of phenols is 1. The van der Waals surface area contributed by atoms with E-state index in [1.807, 2.05) is 37.5 Å². The number of carbonyl (C=O) groups excluding carboxylic acids is 2. The summed E-state index contributed by atoms with van der Waals surface area (Å²) >= 11 is 0. The highest BCUT2D eigenvalue weighted by Crippen LogP contribution is 2.42. The summed E-state index contributed by atoms with van der Waals surface area (Å²) < 4.78 is 11.1. The summed E-state index contributed by atoms with van der Waals surface area (Å²) in [7, 11) is 0. The largest absolute Gasteiger partial charge is 0.507 e. The number of aromatic hydroxyl groups is 2. The summed E-state index contributed by atoms with van der Waals surface area (Å²) in [5, 5.41) is 21.3. The van der Waals surface area contributed by atoms with Crippen LogP contribution >= 0.6 is 0 Å². The van der Waals surface area contributed by atoms with E-state index < -0.39 is 11.7 Å². The first-order valence-electron chi connectivity index (χ1n) is 11.2. The maximum atomic E-state index is 13.5. The van der Waals surface area contributed by atoms with Gasteiger partial charge in [-0.05, 0) is 27.7 Å². The van der Waals surface area contributed by atoms with Crippen LogP contribution in [0.4, 0.5) is 5.69 Å². The number of carbonyl (C=O) groups is 2. The molecule has 0 amide bonds. The van der Waals surface area contributed by atoms with Crippen LogP contribution in [0.2, 0.25) is 0 Å². The van der Waals surface area contributed by atoms with Gasteiger partial charge in [0.25, 0.3) is 5.95 Å². The number of ether oxygens (including phenoxy) is 1. The molecule has 1 aliphatic heterocycles. The van der Waals surface area contributed by atoms with Gasteiger partial charge < -0.3 is 29.2 Å².